The molecule has 1 aliphatic rings. The Hall–Kier alpha value is -0.380. The first-order valence-electron chi connectivity index (χ1n) is 5.05. The largest absolute Gasteiger partial charge is 0.374 e. The van der Waals surface area contributed by atoms with Crippen molar-refractivity contribution in [3.05, 3.63) is 0 Å². The molecule has 17 heavy (non-hydrogen) atoms. The van der Waals surface area contributed by atoms with Crippen LogP contribution in [0.1, 0.15) is 25.7 Å². The molecule has 1 fully saturated rings. The Morgan fingerprint density at radius 2 is 2.06 bits per heavy atom. The molecule has 1 rings (SSSR count). The van der Waals surface area contributed by atoms with Gasteiger partial charge in [0.05, 0.1) is 13.0 Å². The molecule has 0 aromatic heterocycles. The van der Waals surface area contributed by atoms with Crippen molar-refractivity contribution >= 4 is 10.1 Å². The van der Waals surface area contributed by atoms with E-state index in [-0.39, 0.29) is 0 Å². The van der Waals surface area contributed by atoms with Crippen LogP contribution in [0.25, 0.3) is 0 Å². The lowest BCUT2D eigenvalue weighted by Gasteiger charge is -2.23. The Morgan fingerprint density at radius 1 is 1.35 bits per heavy atom. The first-order valence-corrected chi connectivity index (χ1v) is 6.46. The Morgan fingerprint density at radius 3 is 2.59 bits per heavy atom. The maximum atomic E-state index is 12.9. The molecule has 0 amide bonds. The second-order valence-corrected chi connectivity index (χ2v) is 5.20. The summed E-state index contributed by atoms with van der Waals surface area (Å²) in [5.74, 6) is 0. The Kier molecular flexibility index (Phi) is 5.17. The van der Waals surface area contributed by atoms with E-state index in [1.807, 2.05) is 0 Å². The van der Waals surface area contributed by atoms with Crippen LogP contribution in [0.15, 0.2) is 0 Å². The lowest BCUT2D eigenvalue weighted by atomic mass is 10.2. The fourth-order valence-electron chi connectivity index (χ4n) is 1.32. The minimum atomic E-state index is -5.52. The highest BCUT2D eigenvalue weighted by Crippen LogP contribution is 2.28. The summed E-state index contributed by atoms with van der Waals surface area (Å²) >= 11 is 0. The second-order valence-electron chi connectivity index (χ2n) is 3.57. The predicted molar refractivity (Wildman–Crippen MR) is 50.2 cm³/mol. The quantitative estimate of drug-likeness (QED) is 0.740. The molecule has 0 radical (unpaired) electrons. The van der Waals surface area contributed by atoms with E-state index in [1.54, 1.807) is 0 Å². The van der Waals surface area contributed by atoms with Crippen LogP contribution in [0.2, 0.25) is 0 Å². The summed E-state index contributed by atoms with van der Waals surface area (Å²) in [7, 11) is -5.52. The third-order valence-electron chi connectivity index (χ3n) is 2.28. The summed E-state index contributed by atoms with van der Waals surface area (Å²) in [6.07, 6.45) is 0.512. The van der Waals surface area contributed by atoms with Crippen LogP contribution in [0.3, 0.4) is 0 Å². The van der Waals surface area contributed by atoms with E-state index >= 15 is 0 Å². The van der Waals surface area contributed by atoms with Crippen molar-refractivity contribution in [1.29, 1.82) is 0 Å². The molecule has 0 aromatic rings. The van der Waals surface area contributed by atoms with Crippen LogP contribution in [0.5, 0.6) is 0 Å². The molecule has 0 saturated carbocycles. The van der Waals surface area contributed by atoms with E-state index in [0.29, 0.717) is 13.0 Å². The SMILES string of the molecule is O=S(=O)(OF)C(F)(F)CCOC1CCCCO1. The van der Waals surface area contributed by atoms with Gasteiger partial charge in [-0.25, -0.2) is 0 Å². The summed E-state index contributed by atoms with van der Waals surface area (Å²) in [5, 5.41) is -4.31. The van der Waals surface area contributed by atoms with Gasteiger partial charge in [0, 0.05) is 6.61 Å². The van der Waals surface area contributed by atoms with Gasteiger partial charge in [0.25, 0.3) is 0 Å². The van der Waals surface area contributed by atoms with Gasteiger partial charge in [0.2, 0.25) is 0 Å². The standard InChI is InChI=1S/C8H13F3O5S/c9-8(10,17(12,13)16-11)4-6-15-7-3-1-2-5-14-7/h7H,1-6H2. The molecule has 1 unspecified atom stereocenters. The molecule has 0 N–H and O–H groups in total. The first kappa shape index (κ1) is 14.7. The van der Waals surface area contributed by atoms with Gasteiger partial charge >= 0.3 is 15.4 Å². The van der Waals surface area contributed by atoms with E-state index in [9.17, 15) is 21.7 Å². The highest BCUT2D eigenvalue weighted by Gasteiger charge is 2.47. The summed E-state index contributed by atoms with van der Waals surface area (Å²) < 4.78 is 70.4. The number of ether oxygens (including phenoxy) is 2. The predicted octanol–water partition coefficient (Wildman–Crippen LogP) is 1.74. The molecular formula is C8H13F3O5S. The second kappa shape index (κ2) is 5.98. The normalized spacial score (nSPS) is 22.6. The monoisotopic (exact) mass is 278 g/mol. The molecular weight excluding hydrogens is 265 g/mol. The maximum absolute atomic E-state index is 12.9. The van der Waals surface area contributed by atoms with Crippen molar-refractivity contribution in [3.8, 4) is 0 Å². The van der Waals surface area contributed by atoms with Gasteiger partial charge < -0.3 is 9.47 Å². The molecule has 0 aliphatic carbocycles. The molecule has 0 aromatic carbocycles. The van der Waals surface area contributed by atoms with Crippen LogP contribution in [-0.2, 0) is 24.0 Å². The van der Waals surface area contributed by atoms with Crippen LogP contribution >= 0.6 is 0 Å². The highest BCUT2D eigenvalue weighted by atomic mass is 32.2. The van der Waals surface area contributed by atoms with Gasteiger partial charge in [-0.15, -0.1) is 0 Å². The zero-order chi connectivity index (χ0) is 12.9. The van der Waals surface area contributed by atoms with E-state index in [0.717, 1.165) is 12.8 Å². The number of hydrogen-bond donors (Lipinski definition) is 0. The van der Waals surface area contributed by atoms with Gasteiger partial charge in [0.1, 0.15) is 0 Å². The third kappa shape index (κ3) is 4.09. The molecule has 102 valence electrons. The van der Waals surface area contributed by atoms with Crippen LogP contribution in [0.4, 0.5) is 13.3 Å². The Labute approximate surface area is 96.9 Å². The molecule has 9 heteroatoms. The minimum absolute atomic E-state index is 0.479. The zero-order valence-corrected chi connectivity index (χ0v) is 9.72. The van der Waals surface area contributed by atoms with Crippen LogP contribution in [-0.4, -0.2) is 33.2 Å². The lowest BCUT2D eigenvalue weighted by molar-refractivity contribution is -0.168. The number of alkyl halides is 2. The topological polar surface area (TPSA) is 61.8 Å². The van der Waals surface area contributed by atoms with Crippen molar-refractivity contribution in [2.24, 2.45) is 0 Å². The van der Waals surface area contributed by atoms with Crippen molar-refractivity contribution in [3.63, 3.8) is 0 Å². The highest BCUT2D eigenvalue weighted by molar-refractivity contribution is 7.87. The fraction of sp³-hybridized carbons (Fsp3) is 1.00. The molecule has 0 spiro atoms. The molecule has 1 saturated heterocycles. The van der Waals surface area contributed by atoms with E-state index in [4.69, 9.17) is 9.47 Å². The minimum Gasteiger partial charge on any atom is -0.353 e. The van der Waals surface area contributed by atoms with Crippen molar-refractivity contribution in [2.45, 2.75) is 37.2 Å². The van der Waals surface area contributed by atoms with Crippen molar-refractivity contribution in [1.82, 2.24) is 0 Å². The van der Waals surface area contributed by atoms with Crippen LogP contribution < -0.4 is 0 Å². The smallest absolute Gasteiger partial charge is 0.353 e. The van der Waals surface area contributed by atoms with Gasteiger partial charge in [-0.05, 0) is 23.8 Å². The van der Waals surface area contributed by atoms with Gasteiger partial charge in [-0.2, -0.15) is 17.2 Å². The number of halogens is 3. The van der Waals surface area contributed by atoms with E-state index in [1.165, 1.54) is 0 Å². The first-order chi connectivity index (χ1) is 7.89. The average molecular weight is 278 g/mol. The summed E-state index contributed by atoms with van der Waals surface area (Å²) in [6, 6.07) is 0. The number of hydrogen-bond acceptors (Lipinski definition) is 5. The van der Waals surface area contributed by atoms with Gasteiger partial charge in [-0.3, -0.25) is 0 Å². The van der Waals surface area contributed by atoms with Gasteiger partial charge in [-0.1, -0.05) is 4.39 Å². The molecule has 1 atom stereocenters. The number of rotatable bonds is 6. The van der Waals surface area contributed by atoms with Crippen molar-refractivity contribution < 1.29 is 35.6 Å². The van der Waals surface area contributed by atoms with E-state index in [2.05, 4.69) is 4.39 Å². The third-order valence-corrected chi connectivity index (χ3v) is 3.38. The summed E-state index contributed by atoms with van der Waals surface area (Å²) in [4.78, 5) is 0. The summed E-state index contributed by atoms with van der Waals surface area (Å²) in [5.41, 5.74) is 0. The molecule has 1 aliphatic heterocycles. The molecule has 1 heterocycles. The lowest BCUT2D eigenvalue weighted by Crippen LogP contribution is -2.32. The fourth-order valence-corrected chi connectivity index (χ4v) is 1.75. The maximum Gasteiger partial charge on any atom is 0.374 e. The molecule has 5 nitrogen and oxygen atoms in total. The molecule has 0 bridgehead atoms. The van der Waals surface area contributed by atoms with Gasteiger partial charge in [0.15, 0.2) is 6.29 Å². The van der Waals surface area contributed by atoms with Crippen LogP contribution in [0, 0.1) is 0 Å². The Bertz CT molecular complexity index is 326. The zero-order valence-electron chi connectivity index (χ0n) is 8.90. The van der Waals surface area contributed by atoms with Crippen molar-refractivity contribution in [2.75, 3.05) is 13.2 Å². The summed E-state index contributed by atoms with van der Waals surface area (Å²) in [6.45, 7) is -0.0762. The average Bonchev–Trinajstić information content (AvgIpc) is 2.30. The van der Waals surface area contributed by atoms with E-state index < -0.39 is 34.7 Å². The Balaban J connectivity index is 2.34.